The second-order valence-electron chi connectivity index (χ2n) is 5.74. The molecule has 1 saturated carbocycles. The van der Waals surface area contributed by atoms with Crippen LogP contribution in [0, 0.1) is 0 Å². The molecule has 0 unspecified atom stereocenters. The predicted octanol–water partition coefficient (Wildman–Crippen LogP) is 2.95. The van der Waals surface area contributed by atoms with E-state index < -0.39 is 0 Å². The molecule has 0 saturated heterocycles. The molecule has 20 heavy (non-hydrogen) atoms. The Hall–Kier alpha value is -1.32. The lowest BCUT2D eigenvalue weighted by molar-refractivity contribution is -0.118. The van der Waals surface area contributed by atoms with Crippen LogP contribution in [0.15, 0.2) is 11.1 Å². The van der Waals surface area contributed by atoms with E-state index in [2.05, 4.69) is 0 Å². The maximum Gasteiger partial charge on any atom is 0.244 e. The van der Waals surface area contributed by atoms with Crippen molar-refractivity contribution in [3.8, 4) is 0 Å². The SMILES string of the molecule is NC(=O)CCCCCCCC(C(N)=O)=C1CCCCC1. The Kier molecular flexibility index (Phi) is 8.00. The topological polar surface area (TPSA) is 86.2 Å². The van der Waals surface area contributed by atoms with E-state index in [4.69, 9.17) is 11.5 Å². The van der Waals surface area contributed by atoms with Crippen LogP contribution in [0.4, 0.5) is 0 Å². The molecule has 1 rings (SSSR count). The van der Waals surface area contributed by atoms with Crippen LogP contribution in [0.3, 0.4) is 0 Å². The summed E-state index contributed by atoms with van der Waals surface area (Å²) in [5.41, 5.74) is 12.8. The molecular formula is C16H28N2O2. The summed E-state index contributed by atoms with van der Waals surface area (Å²) in [5.74, 6) is -0.446. The number of carbonyl (C=O) groups excluding carboxylic acids is 2. The van der Waals surface area contributed by atoms with Crippen LogP contribution in [0.25, 0.3) is 0 Å². The van der Waals surface area contributed by atoms with Gasteiger partial charge in [-0.15, -0.1) is 0 Å². The van der Waals surface area contributed by atoms with Crippen molar-refractivity contribution in [2.24, 2.45) is 11.5 Å². The van der Waals surface area contributed by atoms with Crippen LogP contribution in [-0.4, -0.2) is 11.8 Å². The van der Waals surface area contributed by atoms with E-state index in [9.17, 15) is 9.59 Å². The molecule has 4 nitrogen and oxygen atoms in total. The third-order valence-corrected chi connectivity index (χ3v) is 4.03. The third kappa shape index (κ3) is 6.73. The molecule has 1 aliphatic rings. The molecule has 0 bridgehead atoms. The summed E-state index contributed by atoms with van der Waals surface area (Å²) in [5, 5.41) is 0. The van der Waals surface area contributed by atoms with E-state index in [-0.39, 0.29) is 11.8 Å². The summed E-state index contributed by atoms with van der Waals surface area (Å²) < 4.78 is 0. The molecular weight excluding hydrogens is 252 g/mol. The summed E-state index contributed by atoms with van der Waals surface area (Å²) in [6.07, 6.45) is 12.2. The molecule has 0 aromatic carbocycles. The second kappa shape index (κ2) is 9.56. The molecule has 0 aromatic rings. The Morgan fingerprint density at radius 1 is 0.800 bits per heavy atom. The lowest BCUT2D eigenvalue weighted by Crippen LogP contribution is -2.17. The summed E-state index contributed by atoms with van der Waals surface area (Å²) in [6.45, 7) is 0. The van der Waals surface area contributed by atoms with Gasteiger partial charge in [-0.25, -0.2) is 0 Å². The average molecular weight is 280 g/mol. The van der Waals surface area contributed by atoms with Gasteiger partial charge in [-0.05, 0) is 44.9 Å². The number of hydrogen-bond donors (Lipinski definition) is 2. The van der Waals surface area contributed by atoms with Crippen molar-refractivity contribution in [1.29, 1.82) is 0 Å². The molecule has 0 aromatic heterocycles. The lowest BCUT2D eigenvalue weighted by atomic mass is 9.88. The maximum atomic E-state index is 11.6. The Labute approximate surface area is 122 Å². The summed E-state index contributed by atoms with van der Waals surface area (Å²) in [6, 6.07) is 0. The zero-order valence-corrected chi connectivity index (χ0v) is 12.5. The first-order valence-electron chi connectivity index (χ1n) is 7.90. The number of rotatable bonds is 9. The summed E-state index contributed by atoms with van der Waals surface area (Å²) in [7, 11) is 0. The highest BCUT2D eigenvalue weighted by atomic mass is 16.1. The zero-order valence-electron chi connectivity index (χ0n) is 12.5. The van der Waals surface area contributed by atoms with Gasteiger partial charge >= 0.3 is 0 Å². The van der Waals surface area contributed by atoms with Gasteiger partial charge in [-0.2, -0.15) is 0 Å². The quantitative estimate of drug-likeness (QED) is 0.502. The number of primary amides is 2. The molecule has 4 heteroatoms. The number of unbranched alkanes of at least 4 members (excludes halogenated alkanes) is 4. The zero-order chi connectivity index (χ0) is 14.8. The molecule has 1 fully saturated rings. The van der Waals surface area contributed by atoms with E-state index in [1.807, 2.05) is 0 Å². The van der Waals surface area contributed by atoms with Gasteiger partial charge in [-0.1, -0.05) is 31.3 Å². The van der Waals surface area contributed by atoms with E-state index in [0.29, 0.717) is 6.42 Å². The largest absolute Gasteiger partial charge is 0.370 e. The van der Waals surface area contributed by atoms with Crippen LogP contribution >= 0.6 is 0 Å². The fourth-order valence-electron chi connectivity index (χ4n) is 2.89. The minimum absolute atomic E-state index is 0.219. The van der Waals surface area contributed by atoms with Gasteiger partial charge in [0.1, 0.15) is 0 Å². The Bertz CT molecular complexity index is 353. The highest BCUT2D eigenvalue weighted by Gasteiger charge is 2.14. The molecule has 1 aliphatic carbocycles. The van der Waals surface area contributed by atoms with Crippen LogP contribution in [-0.2, 0) is 9.59 Å². The number of carbonyl (C=O) groups is 2. The van der Waals surface area contributed by atoms with E-state index >= 15 is 0 Å². The van der Waals surface area contributed by atoms with Gasteiger partial charge in [-0.3, -0.25) is 9.59 Å². The Balaban J connectivity index is 2.23. The Morgan fingerprint density at radius 2 is 1.35 bits per heavy atom. The second-order valence-corrected chi connectivity index (χ2v) is 5.74. The van der Waals surface area contributed by atoms with Crippen molar-refractivity contribution in [1.82, 2.24) is 0 Å². The van der Waals surface area contributed by atoms with Gasteiger partial charge in [0.05, 0.1) is 0 Å². The predicted molar refractivity (Wildman–Crippen MR) is 80.8 cm³/mol. The first-order valence-corrected chi connectivity index (χ1v) is 7.90. The smallest absolute Gasteiger partial charge is 0.244 e. The number of hydrogen-bond acceptors (Lipinski definition) is 2. The minimum Gasteiger partial charge on any atom is -0.370 e. The highest BCUT2D eigenvalue weighted by molar-refractivity contribution is 5.92. The van der Waals surface area contributed by atoms with Crippen LogP contribution in [0.5, 0.6) is 0 Å². The maximum absolute atomic E-state index is 11.6. The van der Waals surface area contributed by atoms with Crippen molar-refractivity contribution in [2.75, 3.05) is 0 Å². The van der Waals surface area contributed by atoms with Gasteiger partial charge in [0.2, 0.25) is 11.8 Å². The normalized spacial score (nSPS) is 15.1. The van der Waals surface area contributed by atoms with Gasteiger partial charge in [0.25, 0.3) is 0 Å². The number of nitrogens with two attached hydrogens (primary N) is 2. The molecule has 0 radical (unpaired) electrons. The third-order valence-electron chi connectivity index (χ3n) is 4.03. The lowest BCUT2D eigenvalue weighted by Gasteiger charge is -2.17. The summed E-state index contributed by atoms with van der Waals surface area (Å²) >= 11 is 0. The van der Waals surface area contributed by atoms with Crippen LogP contribution < -0.4 is 11.5 Å². The van der Waals surface area contributed by atoms with Crippen molar-refractivity contribution in [3.63, 3.8) is 0 Å². The highest BCUT2D eigenvalue weighted by Crippen LogP contribution is 2.28. The van der Waals surface area contributed by atoms with E-state index in [1.54, 1.807) is 0 Å². The molecule has 114 valence electrons. The molecule has 2 amide bonds. The number of amides is 2. The van der Waals surface area contributed by atoms with Crippen molar-refractivity contribution in [3.05, 3.63) is 11.1 Å². The van der Waals surface area contributed by atoms with Crippen molar-refractivity contribution in [2.45, 2.75) is 77.0 Å². The first-order chi connectivity index (χ1) is 9.61. The molecule has 0 heterocycles. The van der Waals surface area contributed by atoms with E-state index in [1.165, 1.54) is 24.8 Å². The minimum atomic E-state index is -0.226. The van der Waals surface area contributed by atoms with Crippen LogP contribution in [0.2, 0.25) is 0 Å². The van der Waals surface area contributed by atoms with Crippen molar-refractivity contribution >= 4 is 11.8 Å². The van der Waals surface area contributed by atoms with Crippen molar-refractivity contribution < 1.29 is 9.59 Å². The van der Waals surface area contributed by atoms with Gasteiger partial charge in [0, 0.05) is 12.0 Å². The fraction of sp³-hybridized carbons (Fsp3) is 0.750. The molecule has 0 aliphatic heterocycles. The standard InChI is InChI=1S/C16H28N2O2/c17-15(19)12-8-3-1-2-7-11-14(16(18)20)13-9-5-4-6-10-13/h1-12H2,(H2,17,19)(H2,18,20). The molecule has 0 atom stereocenters. The van der Waals surface area contributed by atoms with Crippen LogP contribution in [0.1, 0.15) is 77.0 Å². The molecule has 0 spiro atoms. The van der Waals surface area contributed by atoms with E-state index in [0.717, 1.165) is 56.9 Å². The number of allylic oxidation sites excluding steroid dienone is 1. The monoisotopic (exact) mass is 280 g/mol. The van der Waals surface area contributed by atoms with Gasteiger partial charge < -0.3 is 11.5 Å². The summed E-state index contributed by atoms with van der Waals surface area (Å²) in [4.78, 5) is 22.1. The Morgan fingerprint density at radius 3 is 1.90 bits per heavy atom. The molecule has 4 N–H and O–H groups in total. The van der Waals surface area contributed by atoms with Gasteiger partial charge in [0.15, 0.2) is 0 Å². The first kappa shape index (κ1) is 16.7. The fourth-order valence-corrected chi connectivity index (χ4v) is 2.89. The average Bonchev–Trinajstić information content (AvgIpc) is 2.42.